The average molecular weight is 243 g/mol. The zero-order valence-electron chi connectivity index (χ0n) is 11.1. The Hall–Kier alpha value is -1.38. The minimum absolute atomic E-state index is 0.222. The Bertz CT molecular complexity index is 502. The van der Waals surface area contributed by atoms with Gasteiger partial charge in [-0.05, 0) is 36.7 Å². The fraction of sp³-hybridized carbons (Fsp3) is 0.375. The summed E-state index contributed by atoms with van der Waals surface area (Å²) < 4.78 is 0. The minimum Gasteiger partial charge on any atom is -0.393 e. The third-order valence-corrected chi connectivity index (χ3v) is 3.25. The number of rotatable bonds is 5. The summed E-state index contributed by atoms with van der Waals surface area (Å²) >= 11 is 0. The number of aliphatic hydroxyl groups is 1. The summed E-state index contributed by atoms with van der Waals surface area (Å²) in [4.78, 5) is 2.26. The Morgan fingerprint density at radius 1 is 1.11 bits per heavy atom. The summed E-state index contributed by atoms with van der Waals surface area (Å²) in [6, 6.07) is 14.9. The van der Waals surface area contributed by atoms with Crippen LogP contribution < -0.4 is 0 Å². The molecule has 0 aliphatic heterocycles. The van der Waals surface area contributed by atoms with Crippen molar-refractivity contribution in [2.75, 3.05) is 13.6 Å². The summed E-state index contributed by atoms with van der Waals surface area (Å²) in [6.07, 6.45) is 0.598. The van der Waals surface area contributed by atoms with Gasteiger partial charge in [-0.25, -0.2) is 0 Å². The van der Waals surface area contributed by atoms with E-state index in [9.17, 15) is 5.11 Å². The van der Waals surface area contributed by atoms with Crippen LogP contribution in [-0.4, -0.2) is 29.7 Å². The largest absolute Gasteiger partial charge is 0.393 e. The molecule has 2 rings (SSSR count). The highest BCUT2D eigenvalue weighted by Crippen LogP contribution is 2.19. The second-order valence-corrected chi connectivity index (χ2v) is 5.01. The van der Waals surface area contributed by atoms with Gasteiger partial charge < -0.3 is 10.0 Å². The molecule has 1 N–H and O–H groups in total. The van der Waals surface area contributed by atoms with Gasteiger partial charge in [-0.2, -0.15) is 0 Å². The highest BCUT2D eigenvalue weighted by molar-refractivity contribution is 5.85. The maximum Gasteiger partial charge on any atom is 0.0524 e. The van der Waals surface area contributed by atoms with Crippen LogP contribution in [0, 0.1) is 0 Å². The highest BCUT2D eigenvalue weighted by atomic mass is 16.3. The number of nitrogens with zero attached hydrogens (tertiary/aromatic N) is 1. The first-order valence-electron chi connectivity index (χ1n) is 6.50. The summed E-state index contributed by atoms with van der Waals surface area (Å²) in [5.41, 5.74) is 1.35. The van der Waals surface area contributed by atoms with Crippen molar-refractivity contribution >= 4 is 10.8 Å². The summed E-state index contributed by atoms with van der Waals surface area (Å²) in [5.74, 6) is 0. The SMILES string of the molecule is CC(O)CCN(C)Cc1cccc2ccccc12. The van der Waals surface area contributed by atoms with Crippen molar-refractivity contribution in [2.24, 2.45) is 0 Å². The Labute approximate surface area is 109 Å². The lowest BCUT2D eigenvalue weighted by Gasteiger charge is -2.18. The van der Waals surface area contributed by atoms with Crippen LogP contribution in [0.25, 0.3) is 10.8 Å². The molecular formula is C16H21NO. The molecule has 2 nitrogen and oxygen atoms in total. The van der Waals surface area contributed by atoms with Gasteiger partial charge in [-0.3, -0.25) is 0 Å². The number of benzene rings is 2. The van der Waals surface area contributed by atoms with Crippen LogP contribution in [0.1, 0.15) is 18.9 Å². The normalized spacial score (nSPS) is 13.1. The predicted molar refractivity (Wildman–Crippen MR) is 76.6 cm³/mol. The third-order valence-electron chi connectivity index (χ3n) is 3.25. The van der Waals surface area contributed by atoms with Gasteiger partial charge in [0.1, 0.15) is 0 Å². The molecule has 0 heterocycles. The molecule has 0 bridgehead atoms. The van der Waals surface area contributed by atoms with E-state index in [0.717, 1.165) is 19.5 Å². The molecule has 0 spiro atoms. The molecule has 0 aromatic heterocycles. The van der Waals surface area contributed by atoms with E-state index >= 15 is 0 Å². The number of fused-ring (bicyclic) bond motifs is 1. The van der Waals surface area contributed by atoms with Crippen molar-refractivity contribution in [3.63, 3.8) is 0 Å². The maximum absolute atomic E-state index is 9.31. The van der Waals surface area contributed by atoms with Gasteiger partial charge in [0.2, 0.25) is 0 Å². The minimum atomic E-state index is -0.222. The van der Waals surface area contributed by atoms with Crippen molar-refractivity contribution < 1.29 is 5.11 Å². The number of hydrogen-bond donors (Lipinski definition) is 1. The molecule has 2 aromatic rings. The van der Waals surface area contributed by atoms with Crippen LogP contribution in [0.5, 0.6) is 0 Å². The van der Waals surface area contributed by atoms with E-state index in [1.807, 2.05) is 6.92 Å². The fourth-order valence-corrected chi connectivity index (χ4v) is 2.21. The maximum atomic E-state index is 9.31. The Kier molecular flexibility index (Phi) is 4.34. The third kappa shape index (κ3) is 3.31. The van der Waals surface area contributed by atoms with Gasteiger partial charge >= 0.3 is 0 Å². The van der Waals surface area contributed by atoms with E-state index in [1.165, 1.54) is 16.3 Å². The molecule has 2 aromatic carbocycles. The smallest absolute Gasteiger partial charge is 0.0524 e. The van der Waals surface area contributed by atoms with Crippen molar-refractivity contribution in [1.29, 1.82) is 0 Å². The van der Waals surface area contributed by atoms with Gasteiger partial charge in [0.15, 0.2) is 0 Å². The summed E-state index contributed by atoms with van der Waals surface area (Å²) in [7, 11) is 2.10. The van der Waals surface area contributed by atoms with Crippen LogP contribution in [0.3, 0.4) is 0 Å². The van der Waals surface area contributed by atoms with E-state index in [4.69, 9.17) is 0 Å². The van der Waals surface area contributed by atoms with E-state index in [0.29, 0.717) is 0 Å². The van der Waals surface area contributed by atoms with E-state index in [1.54, 1.807) is 0 Å². The number of aliphatic hydroxyl groups excluding tert-OH is 1. The number of hydrogen-bond acceptors (Lipinski definition) is 2. The molecule has 0 amide bonds. The van der Waals surface area contributed by atoms with Gasteiger partial charge in [-0.15, -0.1) is 0 Å². The van der Waals surface area contributed by atoms with E-state index in [-0.39, 0.29) is 6.10 Å². The molecule has 1 atom stereocenters. The monoisotopic (exact) mass is 243 g/mol. The second-order valence-electron chi connectivity index (χ2n) is 5.01. The van der Waals surface area contributed by atoms with Gasteiger partial charge in [0.25, 0.3) is 0 Å². The molecular weight excluding hydrogens is 222 g/mol. The molecule has 0 fully saturated rings. The second kappa shape index (κ2) is 5.98. The first-order chi connectivity index (χ1) is 8.66. The topological polar surface area (TPSA) is 23.5 Å². The van der Waals surface area contributed by atoms with Crippen LogP contribution in [0.2, 0.25) is 0 Å². The lowest BCUT2D eigenvalue weighted by atomic mass is 10.0. The zero-order valence-corrected chi connectivity index (χ0v) is 11.1. The standard InChI is InChI=1S/C16H21NO/c1-13(18)10-11-17(2)12-15-8-5-7-14-6-3-4-9-16(14)15/h3-9,13,18H,10-12H2,1-2H3. The molecule has 96 valence electrons. The quantitative estimate of drug-likeness (QED) is 0.872. The summed E-state index contributed by atoms with van der Waals surface area (Å²) in [5, 5.41) is 11.9. The molecule has 18 heavy (non-hydrogen) atoms. The van der Waals surface area contributed by atoms with E-state index in [2.05, 4.69) is 54.4 Å². The zero-order chi connectivity index (χ0) is 13.0. The molecule has 0 saturated carbocycles. The van der Waals surface area contributed by atoms with Crippen LogP contribution in [0.4, 0.5) is 0 Å². The van der Waals surface area contributed by atoms with Crippen molar-refractivity contribution in [1.82, 2.24) is 4.90 Å². The molecule has 0 saturated heterocycles. The Balaban J connectivity index is 2.11. The fourth-order valence-electron chi connectivity index (χ4n) is 2.21. The lowest BCUT2D eigenvalue weighted by molar-refractivity contribution is 0.163. The van der Waals surface area contributed by atoms with E-state index < -0.39 is 0 Å². The highest BCUT2D eigenvalue weighted by Gasteiger charge is 2.05. The van der Waals surface area contributed by atoms with Gasteiger partial charge in [-0.1, -0.05) is 42.5 Å². The van der Waals surface area contributed by atoms with Crippen molar-refractivity contribution in [3.05, 3.63) is 48.0 Å². The van der Waals surface area contributed by atoms with Crippen LogP contribution >= 0.6 is 0 Å². The molecule has 0 radical (unpaired) electrons. The molecule has 2 heteroatoms. The summed E-state index contributed by atoms with van der Waals surface area (Å²) in [6.45, 7) is 3.68. The van der Waals surface area contributed by atoms with Gasteiger partial charge in [0.05, 0.1) is 6.10 Å². The predicted octanol–water partition coefficient (Wildman–Crippen LogP) is 3.04. The molecule has 0 aliphatic carbocycles. The Morgan fingerprint density at radius 3 is 2.61 bits per heavy atom. The van der Waals surface area contributed by atoms with Crippen LogP contribution in [0.15, 0.2) is 42.5 Å². The average Bonchev–Trinajstić information content (AvgIpc) is 2.37. The molecule has 1 unspecified atom stereocenters. The van der Waals surface area contributed by atoms with Crippen LogP contribution in [-0.2, 0) is 6.54 Å². The van der Waals surface area contributed by atoms with Crippen molar-refractivity contribution in [3.8, 4) is 0 Å². The van der Waals surface area contributed by atoms with Crippen molar-refractivity contribution in [2.45, 2.75) is 26.0 Å². The lowest BCUT2D eigenvalue weighted by Crippen LogP contribution is -2.22. The molecule has 0 aliphatic rings. The first kappa shape index (κ1) is 13.1. The first-order valence-corrected chi connectivity index (χ1v) is 6.50. The van der Waals surface area contributed by atoms with Gasteiger partial charge in [0, 0.05) is 13.1 Å². The Morgan fingerprint density at radius 2 is 1.83 bits per heavy atom.